The van der Waals surface area contributed by atoms with Crippen molar-refractivity contribution in [2.45, 2.75) is 53.0 Å². The van der Waals surface area contributed by atoms with Crippen molar-refractivity contribution >= 4 is 5.91 Å². The lowest BCUT2D eigenvalue weighted by molar-refractivity contribution is -0.124. The lowest BCUT2D eigenvalue weighted by Gasteiger charge is -2.30. The van der Waals surface area contributed by atoms with E-state index in [1.165, 1.54) is 11.1 Å². The topological polar surface area (TPSA) is 55.1 Å². The molecule has 1 rings (SSSR count). The first-order valence-corrected chi connectivity index (χ1v) is 7.14. The third-order valence-corrected chi connectivity index (χ3v) is 3.72. The zero-order chi connectivity index (χ0) is 15.6. The number of benzene rings is 1. The lowest BCUT2D eigenvalue weighted by atomic mass is 9.83. The summed E-state index contributed by atoms with van der Waals surface area (Å²) in [6.07, 6.45) is 0. The zero-order valence-corrected chi connectivity index (χ0v) is 13.6. The SMILES string of the molecule is Cc1cccc(C(C)(C)CNC(=O)[C@@H](N)C(C)(C)C)c1. The Labute approximate surface area is 122 Å². The summed E-state index contributed by atoms with van der Waals surface area (Å²) in [4.78, 5) is 12.1. The van der Waals surface area contributed by atoms with Gasteiger partial charge in [-0.15, -0.1) is 0 Å². The fourth-order valence-electron chi connectivity index (χ4n) is 1.98. The van der Waals surface area contributed by atoms with Gasteiger partial charge in [-0.1, -0.05) is 64.4 Å². The molecule has 0 aromatic heterocycles. The Morgan fingerprint density at radius 2 is 1.85 bits per heavy atom. The number of hydrogen-bond donors (Lipinski definition) is 2. The standard InChI is InChI=1S/C17H28N2O/c1-12-8-7-9-13(10-12)17(5,6)11-19-15(20)14(18)16(2,3)4/h7-10,14H,11,18H2,1-6H3,(H,19,20)/t14-/m1/s1. The van der Waals surface area contributed by atoms with Crippen LogP contribution in [0.25, 0.3) is 0 Å². The second-order valence-corrected chi connectivity index (χ2v) is 7.31. The molecule has 0 fully saturated rings. The maximum atomic E-state index is 12.1. The molecule has 0 aliphatic carbocycles. The van der Waals surface area contributed by atoms with Crippen LogP contribution in [0.3, 0.4) is 0 Å². The second-order valence-electron chi connectivity index (χ2n) is 7.31. The first-order chi connectivity index (χ1) is 9.04. The normalized spacial score (nSPS) is 13.9. The maximum absolute atomic E-state index is 12.1. The van der Waals surface area contributed by atoms with Crippen molar-refractivity contribution in [2.24, 2.45) is 11.1 Å². The number of carbonyl (C=O) groups is 1. The highest BCUT2D eigenvalue weighted by Crippen LogP contribution is 2.23. The monoisotopic (exact) mass is 276 g/mol. The Kier molecular flexibility index (Phi) is 4.98. The maximum Gasteiger partial charge on any atom is 0.237 e. The van der Waals surface area contributed by atoms with Crippen LogP contribution in [-0.2, 0) is 10.2 Å². The van der Waals surface area contributed by atoms with Crippen LogP contribution in [0.1, 0.15) is 45.7 Å². The molecule has 1 amide bonds. The van der Waals surface area contributed by atoms with E-state index in [1.807, 2.05) is 20.8 Å². The van der Waals surface area contributed by atoms with Crippen LogP contribution in [0.5, 0.6) is 0 Å². The summed E-state index contributed by atoms with van der Waals surface area (Å²) >= 11 is 0. The first kappa shape index (κ1) is 16.7. The van der Waals surface area contributed by atoms with E-state index in [2.05, 4.69) is 50.4 Å². The van der Waals surface area contributed by atoms with Gasteiger partial charge in [0.25, 0.3) is 0 Å². The number of rotatable bonds is 4. The van der Waals surface area contributed by atoms with Crippen molar-refractivity contribution in [2.75, 3.05) is 6.54 Å². The Hall–Kier alpha value is -1.35. The van der Waals surface area contributed by atoms with Crippen LogP contribution in [0, 0.1) is 12.3 Å². The lowest BCUT2D eigenvalue weighted by Crippen LogP contribution is -2.50. The minimum Gasteiger partial charge on any atom is -0.354 e. The Morgan fingerprint density at radius 3 is 2.35 bits per heavy atom. The Morgan fingerprint density at radius 1 is 1.25 bits per heavy atom. The fourth-order valence-corrected chi connectivity index (χ4v) is 1.98. The summed E-state index contributed by atoms with van der Waals surface area (Å²) < 4.78 is 0. The van der Waals surface area contributed by atoms with Crippen LogP contribution < -0.4 is 11.1 Å². The molecule has 3 N–H and O–H groups in total. The van der Waals surface area contributed by atoms with Crippen molar-refractivity contribution in [3.8, 4) is 0 Å². The minimum atomic E-state index is -0.490. The molecule has 1 atom stereocenters. The molecule has 0 bridgehead atoms. The van der Waals surface area contributed by atoms with Gasteiger partial charge in [0.2, 0.25) is 5.91 Å². The van der Waals surface area contributed by atoms with Gasteiger partial charge in [-0.25, -0.2) is 0 Å². The molecular formula is C17H28N2O. The largest absolute Gasteiger partial charge is 0.354 e. The zero-order valence-electron chi connectivity index (χ0n) is 13.6. The van der Waals surface area contributed by atoms with Gasteiger partial charge in [-0.05, 0) is 17.9 Å². The highest BCUT2D eigenvalue weighted by molar-refractivity contribution is 5.82. The second kappa shape index (κ2) is 5.96. The van der Waals surface area contributed by atoms with Crippen molar-refractivity contribution in [1.82, 2.24) is 5.32 Å². The minimum absolute atomic E-state index is 0.0850. The van der Waals surface area contributed by atoms with E-state index < -0.39 is 6.04 Å². The third-order valence-electron chi connectivity index (χ3n) is 3.72. The van der Waals surface area contributed by atoms with Gasteiger partial charge in [0.1, 0.15) is 0 Å². The predicted octanol–water partition coefficient (Wildman–Crippen LogP) is 2.76. The molecule has 112 valence electrons. The molecule has 1 aromatic carbocycles. The van der Waals surface area contributed by atoms with Crippen LogP contribution in [0.15, 0.2) is 24.3 Å². The van der Waals surface area contributed by atoms with E-state index in [4.69, 9.17) is 5.73 Å². The molecular weight excluding hydrogens is 248 g/mol. The van der Waals surface area contributed by atoms with Crippen LogP contribution in [-0.4, -0.2) is 18.5 Å². The van der Waals surface area contributed by atoms with Gasteiger partial charge in [-0.2, -0.15) is 0 Å². The molecule has 0 aliphatic rings. The van der Waals surface area contributed by atoms with Gasteiger partial charge < -0.3 is 11.1 Å². The van der Waals surface area contributed by atoms with Crippen molar-refractivity contribution in [3.05, 3.63) is 35.4 Å². The smallest absolute Gasteiger partial charge is 0.237 e. The number of nitrogens with two attached hydrogens (primary N) is 1. The van der Waals surface area contributed by atoms with E-state index in [1.54, 1.807) is 0 Å². The van der Waals surface area contributed by atoms with Gasteiger partial charge in [0, 0.05) is 12.0 Å². The van der Waals surface area contributed by atoms with Crippen molar-refractivity contribution < 1.29 is 4.79 Å². The fraction of sp³-hybridized carbons (Fsp3) is 0.588. The first-order valence-electron chi connectivity index (χ1n) is 7.14. The van der Waals surface area contributed by atoms with E-state index >= 15 is 0 Å². The summed E-state index contributed by atoms with van der Waals surface area (Å²) in [5.41, 5.74) is 8.09. The summed E-state index contributed by atoms with van der Waals surface area (Å²) in [7, 11) is 0. The van der Waals surface area contributed by atoms with Crippen LogP contribution >= 0.6 is 0 Å². The summed E-state index contributed by atoms with van der Waals surface area (Å²) in [5.74, 6) is -0.0850. The van der Waals surface area contributed by atoms with E-state index in [9.17, 15) is 4.79 Å². The van der Waals surface area contributed by atoms with Crippen molar-refractivity contribution in [1.29, 1.82) is 0 Å². The molecule has 0 spiro atoms. The van der Waals surface area contributed by atoms with Gasteiger partial charge in [0.15, 0.2) is 0 Å². The summed E-state index contributed by atoms with van der Waals surface area (Å²) in [6.45, 7) is 12.8. The highest BCUT2D eigenvalue weighted by atomic mass is 16.2. The van der Waals surface area contributed by atoms with Crippen LogP contribution in [0.2, 0.25) is 0 Å². The molecule has 3 heteroatoms. The molecule has 3 nitrogen and oxygen atoms in total. The molecule has 0 unspecified atom stereocenters. The average molecular weight is 276 g/mol. The summed E-state index contributed by atoms with van der Waals surface area (Å²) in [5, 5.41) is 2.98. The van der Waals surface area contributed by atoms with Crippen molar-refractivity contribution in [3.63, 3.8) is 0 Å². The number of aryl methyl sites for hydroxylation is 1. The molecule has 1 aromatic rings. The van der Waals surface area contributed by atoms with Gasteiger partial charge in [0.05, 0.1) is 6.04 Å². The predicted molar refractivity (Wildman–Crippen MR) is 84.6 cm³/mol. The quantitative estimate of drug-likeness (QED) is 0.888. The number of hydrogen-bond acceptors (Lipinski definition) is 2. The third kappa shape index (κ3) is 4.34. The highest BCUT2D eigenvalue weighted by Gasteiger charge is 2.29. The number of nitrogens with one attached hydrogen (secondary N) is 1. The molecule has 0 saturated heterocycles. The van der Waals surface area contributed by atoms with E-state index in [-0.39, 0.29) is 16.7 Å². The molecule has 0 heterocycles. The Balaban J connectivity index is 2.71. The number of amides is 1. The molecule has 0 saturated carbocycles. The van der Waals surface area contributed by atoms with Gasteiger partial charge in [-0.3, -0.25) is 4.79 Å². The number of carbonyl (C=O) groups excluding carboxylic acids is 1. The van der Waals surface area contributed by atoms with Crippen LogP contribution in [0.4, 0.5) is 0 Å². The average Bonchev–Trinajstić information content (AvgIpc) is 2.34. The molecule has 0 aliphatic heterocycles. The van der Waals surface area contributed by atoms with E-state index in [0.29, 0.717) is 6.54 Å². The van der Waals surface area contributed by atoms with E-state index in [0.717, 1.165) is 0 Å². The van der Waals surface area contributed by atoms with Gasteiger partial charge >= 0.3 is 0 Å². The Bertz CT molecular complexity index is 472. The molecule has 0 radical (unpaired) electrons. The summed E-state index contributed by atoms with van der Waals surface area (Å²) in [6, 6.07) is 7.90. The molecule has 20 heavy (non-hydrogen) atoms.